The molecule has 0 radical (unpaired) electrons. The number of aromatic amines is 1. The minimum atomic E-state index is -1.05. The van der Waals surface area contributed by atoms with Gasteiger partial charge in [0.05, 0.1) is 18.4 Å². The largest absolute Gasteiger partial charge is 0.501 e. The molecule has 0 unspecified atom stereocenters. The zero-order valence-electron chi connectivity index (χ0n) is 11.4. The van der Waals surface area contributed by atoms with Crippen LogP contribution in [0.25, 0.3) is 0 Å². The first kappa shape index (κ1) is 16.1. The number of aromatic nitrogens is 2. The number of Topliss-reactive ketones (excluding diaryl/α,β-unsaturated/α-hetero) is 1. The van der Waals surface area contributed by atoms with Gasteiger partial charge in [0.1, 0.15) is 5.56 Å². The Morgan fingerprint density at radius 1 is 1.52 bits per heavy atom. The monoisotopic (exact) mass is 294 g/mol. The van der Waals surface area contributed by atoms with E-state index in [2.05, 4.69) is 19.9 Å². The molecule has 0 aromatic carbocycles. The van der Waals surface area contributed by atoms with Gasteiger partial charge in [-0.05, 0) is 13.8 Å². The van der Waals surface area contributed by atoms with E-state index in [1.165, 1.54) is 0 Å². The quantitative estimate of drug-likeness (QED) is 0.295. The highest BCUT2D eigenvalue weighted by Crippen LogP contribution is 2.14. The number of primary amides is 1. The summed E-state index contributed by atoms with van der Waals surface area (Å²) in [7, 11) is 0. The molecule has 0 atom stereocenters. The number of esters is 1. The maximum absolute atomic E-state index is 11.4. The fraction of sp³-hybridized carbons (Fsp3) is 0.250. The Labute approximate surface area is 119 Å². The van der Waals surface area contributed by atoms with Crippen LogP contribution in [0.3, 0.4) is 0 Å². The van der Waals surface area contributed by atoms with E-state index >= 15 is 0 Å². The van der Waals surface area contributed by atoms with E-state index in [4.69, 9.17) is 5.73 Å². The molecule has 112 valence electrons. The first-order valence-electron chi connectivity index (χ1n) is 5.87. The van der Waals surface area contributed by atoms with Gasteiger partial charge in [0.25, 0.3) is 5.91 Å². The molecule has 0 aliphatic heterocycles. The number of hydrogen-bond donors (Lipinski definition) is 3. The van der Waals surface area contributed by atoms with Gasteiger partial charge in [0.15, 0.2) is 11.6 Å². The van der Waals surface area contributed by atoms with Gasteiger partial charge in [-0.15, -0.1) is 0 Å². The van der Waals surface area contributed by atoms with E-state index in [0.717, 1.165) is 19.3 Å². The van der Waals surface area contributed by atoms with Crippen molar-refractivity contribution in [1.82, 2.24) is 10.2 Å². The van der Waals surface area contributed by atoms with Gasteiger partial charge < -0.3 is 15.6 Å². The molecule has 1 amide bonds. The SMILES string of the molecule is CCOC(=O)/C(O)=C(\C=N\c1[nH]ncc1C(N)=O)C(C)=O. The number of aliphatic hydroxyl groups is 1. The molecule has 0 aliphatic carbocycles. The van der Waals surface area contributed by atoms with Crippen LogP contribution >= 0.6 is 0 Å². The lowest BCUT2D eigenvalue weighted by Gasteiger charge is -2.03. The van der Waals surface area contributed by atoms with Crippen molar-refractivity contribution < 1.29 is 24.2 Å². The van der Waals surface area contributed by atoms with Crippen molar-refractivity contribution in [3.05, 3.63) is 23.1 Å². The number of allylic oxidation sites excluding steroid dienone is 1. The number of aliphatic imine (C=N–C) groups is 1. The fourth-order valence-electron chi connectivity index (χ4n) is 1.32. The molecule has 9 nitrogen and oxygen atoms in total. The summed E-state index contributed by atoms with van der Waals surface area (Å²) in [6, 6.07) is 0. The molecule has 4 N–H and O–H groups in total. The highest BCUT2D eigenvalue weighted by molar-refractivity contribution is 6.17. The summed E-state index contributed by atoms with van der Waals surface area (Å²) in [5, 5.41) is 15.6. The molecule has 1 aromatic heterocycles. The minimum Gasteiger partial charge on any atom is -0.501 e. The second-order valence-corrected chi connectivity index (χ2v) is 3.79. The summed E-state index contributed by atoms with van der Waals surface area (Å²) in [4.78, 5) is 37.7. The Morgan fingerprint density at radius 3 is 2.71 bits per heavy atom. The highest BCUT2D eigenvalue weighted by Gasteiger charge is 2.18. The Kier molecular flexibility index (Phi) is 5.35. The second-order valence-electron chi connectivity index (χ2n) is 3.79. The topological polar surface area (TPSA) is 148 Å². The molecule has 1 rings (SSSR count). The molecule has 21 heavy (non-hydrogen) atoms. The van der Waals surface area contributed by atoms with Crippen molar-refractivity contribution in [1.29, 1.82) is 0 Å². The summed E-state index contributed by atoms with van der Waals surface area (Å²) in [6.45, 7) is 2.73. The van der Waals surface area contributed by atoms with Gasteiger partial charge >= 0.3 is 5.97 Å². The number of rotatable bonds is 6. The second kappa shape index (κ2) is 6.98. The third-order valence-corrected chi connectivity index (χ3v) is 2.31. The van der Waals surface area contributed by atoms with Crippen LogP contribution in [0.1, 0.15) is 24.2 Å². The molecule has 0 bridgehead atoms. The molecule has 0 saturated carbocycles. The molecular weight excluding hydrogens is 280 g/mol. The van der Waals surface area contributed by atoms with Crippen molar-refractivity contribution in [2.24, 2.45) is 10.7 Å². The third-order valence-electron chi connectivity index (χ3n) is 2.31. The summed E-state index contributed by atoms with van der Waals surface area (Å²) < 4.78 is 4.58. The number of ketones is 1. The first-order valence-corrected chi connectivity index (χ1v) is 5.87. The summed E-state index contributed by atoms with van der Waals surface area (Å²) >= 11 is 0. The molecule has 1 heterocycles. The van der Waals surface area contributed by atoms with Gasteiger partial charge in [-0.25, -0.2) is 9.79 Å². The number of H-pyrrole nitrogens is 1. The summed E-state index contributed by atoms with van der Waals surface area (Å²) in [6.07, 6.45) is 2.09. The third kappa shape index (κ3) is 4.00. The highest BCUT2D eigenvalue weighted by atomic mass is 16.5. The summed E-state index contributed by atoms with van der Waals surface area (Å²) in [5.41, 5.74) is 4.74. The number of nitrogens with zero attached hydrogens (tertiary/aromatic N) is 2. The lowest BCUT2D eigenvalue weighted by Crippen LogP contribution is -2.14. The van der Waals surface area contributed by atoms with Crippen molar-refractivity contribution in [3.63, 3.8) is 0 Å². The van der Waals surface area contributed by atoms with Gasteiger partial charge in [0.2, 0.25) is 5.76 Å². The van der Waals surface area contributed by atoms with Gasteiger partial charge in [-0.1, -0.05) is 0 Å². The van der Waals surface area contributed by atoms with Crippen molar-refractivity contribution in [2.75, 3.05) is 6.61 Å². The lowest BCUT2D eigenvalue weighted by molar-refractivity contribution is -0.141. The number of carbonyl (C=O) groups is 3. The summed E-state index contributed by atoms with van der Waals surface area (Å²) in [5.74, 6) is -3.29. The van der Waals surface area contributed by atoms with Crippen LogP contribution in [0, 0.1) is 0 Å². The van der Waals surface area contributed by atoms with Crippen LogP contribution in [0.5, 0.6) is 0 Å². The molecule has 9 heteroatoms. The standard InChI is InChI=1S/C12H14N4O5/c1-3-21-12(20)9(18)7(6(2)17)4-14-11-8(10(13)19)5-15-16-11/h4-5,18H,3H2,1-2H3,(H2,13,19)(H,15,16)/b9-7-,14-4+. The van der Waals surface area contributed by atoms with Crippen LogP contribution in [0.2, 0.25) is 0 Å². The Hall–Kier alpha value is -2.97. The normalized spacial score (nSPS) is 12.1. The number of aliphatic hydroxyl groups excluding tert-OH is 1. The number of hydrogen-bond acceptors (Lipinski definition) is 7. The average molecular weight is 294 g/mol. The number of amides is 1. The number of nitrogens with two attached hydrogens (primary N) is 1. The predicted molar refractivity (Wildman–Crippen MR) is 72.2 cm³/mol. The fourth-order valence-corrected chi connectivity index (χ4v) is 1.32. The molecule has 1 aromatic rings. The molecule has 0 aliphatic rings. The maximum Gasteiger partial charge on any atom is 0.374 e. The molecule has 0 spiro atoms. The Bertz CT molecular complexity index is 629. The maximum atomic E-state index is 11.4. The van der Waals surface area contributed by atoms with Crippen LogP contribution in [-0.2, 0) is 14.3 Å². The van der Waals surface area contributed by atoms with E-state index in [9.17, 15) is 19.5 Å². The smallest absolute Gasteiger partial charge is 0.374 e. The molecule has 0 saturated heterocycles. The lowest BCUT2D eigenvalue weighted by atomic mass is 10.1. The zero-order chi connectivity index (χ0) is 16.0. The Morgan fingerprint density at radius 2 is 2.19 bits per heavy atom. The van der Waals surface area contributed by atoms with Crippen LogP contribution in [0.4, 0.5) is 5.82 Å². The molecule has 0 fully saturated rings. The average Bonchev–Trinajstić information content (AvgIpc) is 2.87. The van der Waals surface area contributed by atoms with Crippen LogP contribution < -0.4 is 5.73 Å². The van der Waals surface area contributed by atoms with Crippen molar-refractivity contribution in [2.45, 2.75) is 13.8 Å². The van der Waals surface area contributed by atoms with Gasteiger partial charge in [0, 0.05) is 6.21 Å². The predicted octanol–water partition coefficient (Wildman–Crippen LogP) is 0.175. The van der Waals surface area contributed by atoms with E-state index in [-0.39, 0.29) is 23.6 Å². The number of carbonyl (C=O) groups excluding carboxylic acids is 3. The van der Waals surface area contributed by atoms with Crippen LogP contribution in [0.15, 0.2) is 22.5 Å². The van der Waals surface area contributed by atoms with E-state index in [0.29, 0.717) is 0 Å². The number of nitrogens with one attached hydrogen (secondary N) is 1. The van der Waals surface area contributed by atoms with E-state index in [1.54, 1.807) is 6.92 Å². The first-order chi connectivity index (χ1) is 9.88. The van der Waals surface area contributed by atoms with Gasteiger partial charge in [-0.2, -0.15) is 5.10 Å². The van der Waals surface area contributed by atoms with Crippen molar-refractivity contribution in [3.8, 4) is 0 Å². The Balaban J connectivity index is 3.14. The van der Waals surface area contributed by atoms with Gasteiger partial charge in [-0.3, -0.25) is 14.7 Å². The van der Waals surface area contributed by atoms with E-state index in [1.807, 2.05) is 0 Å². The van der Waals surface area contributed by atoms with Crippen LogP contribution in [-0.4, -0.2) is 45.8 Å². The van der Waals surface area contributed by atoms with E-state index < -0.39 is 23.4 Å². The number of ether oxygens (including phenoxy) is 1. The molecular formula is C12H14N4O5. The zero-order valence-corrected chi connectivity index (χ0v) is 11.4. The minimum absolute atomic E-state index is 0.00194. The van der Waals surface area contributed by atoms with Crippen molar-refractivity contribution >= 4 is 29.7 Å².